The van der Waals surface area contributed by atoms with Crippen LogP contribution in [0.2, 0.25) is 0 Å². The fourth-order valence-corrected chi connectivity index (χ4v) is 2.17. The van der Waals surface area contributed by atoms with Crippen molar-refractivity contribution in [3.8, 4) is 0 Å². The number of carbonyl (C=O) groups is 2. The minimum atomic E-state index is -5.08. The minimum absolute atomic E-state index is 0.0696. The van der Waals surface area contributed by atoms with Gasteiger partial charge >= 0.3 is 24.2 Å². The Kier molecular flexibility index (Phi) is 5.57. The van der Waals surface area contributed by atoms with Crippen LogP contribution >= 0.6 is 0 Å². The lowest BCUT2D eigenvalue weighted by atomic mass is 10.1. The first-order valence-corrected chi connectivity index (χ1v) is 7.55. The van der Waals surface area contributed by atoms with E-state index in [1.165, 1.54) is 12.1 Å². The predicted molar refractivity (Wildman–Crippen MR) is 89.3 cm³/mol. The number of rotatable bonds is 2. The zero-order chi connectivity index (χ0) is 21.3. The number of nitrogen functional groups attached to an aromatic ring is 1. The Morgan fingerprint density at radius 1 is 0.821 bits per heavy atom. The molecular weight excluding hydrogens is 392 g/mol. The van der Waals surface area contributed by atoms with Gasteiger partial charge in [0, 0.05) is 5.69 Å². The van der Waals surface area contributed by atoms with E-state index in [0.29, 0.717) is 17.7 Å². The quantitative estimate of drug-likeness (QED) is 0.398. The molecule has 0 heterocycles. The van der Waals surface area contributed by atoms with Crippen molar-refractivity contribution < 1.29 is 35.9 Å². The number of nitrogens with two attached hydrogens (primary N) is 1. The van der Waals surface area contributed by atoms with Gasteiger partial charge in [0.15, 0.2) is 0 Å². The molecule has 0 fully saturated rings. The van der Waals surface area contributed by atoms with Gasteiger partial charge in [0.1, 0.15) is 0 Å². The van der Waals surface area contributed by atoms with Crippen molar-refractivity contribution in [2.45, 2.75) is 19.3 Å². The zero-order valence-corrected chi connectivity index (χ0v) is 14.1. The molecule has 5 nitrogen and oxygen atoms in total. The van der Waals surface area contributed by atoms with E-state index in [0.717, 1.165) is 0 Å². The second-order valence-corrected chi connectivity index (χ2v) is 5.79. The predicted octanol–water partition coefficient (Wildman–Crippen LogP) is 4.19. The van der Waals surface area contributed by atoms with Gasteiger partial charge in [-0.15, -0.1) is 0 Å². The van der Waals surface area contributed by atoms with E-state index in [1.807, 2.05) is 0 Å². The number of nitrogens with one attached hydrogen (secondary N) is 2. The number of benzene rings is 2. The lowest BCUT2D eigenvalue weighted by molar-refractivity contribution is -0.143. The molecular formula is C17H13F6N3O2. The molecule has 0 saturated heterocycles. The van der Waals surface area contributed by atoms with Crippen LogP contribution in [0.3, 0.4) is 0 Å². The molecule has 11 heteroatoms. The molecule has 0 aromatic heterocycles. The van der Waals surface area contributed by atoms with Gasteiger partial charge in [-0.2, -0.15) is 26.3 Å². The molecule has 2 aromatic carbocycles. The van der Waals surface area contributed by atoms with Crippen LogP contribution in [0.15, 0.2) is 36.4 Å². The summed E-state index contributed by atoms with van der Waals surface area (Å²) in [6, 6.07) is 5.01. The van der Waals surface area contributed by atoms with Gasteiger partial charge in [-0.1, -0.05) is 6.07 Å². The molecule has 0 bridgehead atoms. The molecule has 0 atom stereocenters. The number of hydrogen-bond acceptors (Lipinski definition) is 3. The first kappa shape index (κ1) is 21.1. The molecule has 0 aliphatic rings. The molecule has 0 saturated carbocycles. The summed E-state index contributed by atoms with van der Waals surface area (Å²) in [5.74, 6) is -2.78. The van der Waals surface area contributed by atoms with Gasteiger partial charge in [-0.05, 0) is 42.8 Å². The summed E-state index contributed by atoms with van der Waals surface area (Å²) in [6.45, 7) is 1.68. The van der Waals surface area contributed by atoms with Crippen LogP contribution in [0.4, 0.5) is 43.4 Å². The SMILES string of the molecule is Cc1ccc(N)c(NC(=O)C(=O)Nc2cc(C(F)(F)F)cc(C(F)(F)F)c2)c1. The molecule has 4 N–H and O–H groups in total. The van der Waals surface area contributed by atoms with Crippen LogP contribution in [-0.4, -0.2) is 11.8 Å². The van der Waals surface area contributed by atoms with Gasteiger partial charge in [0.2, 0.25) is 0 Å². The molecule has 0 aliphatic heterocycles. The second kappa shape index (κ2) is 7.41. The van der Waals surface area contributed by atoms with Crippen LogP contribution in [-0.2, 0) is 21.9 Å². The summed E-state index contributed by atoms with van der Waals surface area (Å²) in [7, 11) is 0. The third kappa shape index (κ3) is 5.15. The van der Waals surface area contributed by atoms with E-state index in [1.54, 1.807) is 18.3 Å². The number of aryl methyl sites for hydroxylation is 1. The second-order valence-electron chi connectivity index (χ2n) is 5.79. The normalized spacial score (nSPS) is 11.8. The van der Waals surface area contributed by atoms with Crippen LogP contribution in [0.1, 0.15) is 16.7 Å². The fraction of sp³-hybridized carbons (Fsp3) is 0.176. The minimum Gasteiger partial charge on any atom is -0.397 e. The molecule has 0 radical (unpaired) electrons. The number of alkyl halides is 6. The van der Waals surface area contributed by atoms with Crippen molar-refractivity contribution in [2.75, 3.05) is 16.4 Å². The van der Waals surface area contributed by atoms with E-state index in [9.17, 15) is 35.9 Å². The third-order valence-corrected chi connectivity index (χ3v) is 3.51. The molecule has 28 heavy (non-hydrogen) atoms. The van der Waals surface area contributed by atoms with Gasteiger partial charge in [-0.25, -0.2) is 0 Å². The van der Waals surface area contributed by atoms with Crippen molar-refractivity contribution in [3.63, 3.8) is 0 Å². The lowest BCUT2D eigenvalue weighted by Gasteiger charge is -2.15. The third-order valence-electron chi connectivity index (χ3n) is 3.51. The summed E-state index contributed by atoms with van der Waals surface area (Å²) in [5, 5.41) is 3.87. The number of amides is 2. The van der Waals surface area contributed by atoms with Gasteiger partial charge in [-0.3, -0.25) is 9.59 Å². The fourth-order valence-electron chi connectivity index (χ4n) is 2.17. The average Bonchev–Trinajstić information content (AvgIpc) is 2.56. The van der Waals surface area contributed by atoms with Crippen LogP contribution < -0.4 is 16.4 Å². The smallest absolute Gasteiger partial charge is 0.397 e. The van der Waals surface area contributed by atoms with Crippen molar-refractivity contribution in [3.05, 3.63) is 53.1 Å². The summed E-state index contributed by atoms with van der Waals surface area (Å²) < 4.78 is 77.0. The molecule has 2 rings (SSSR count). The monoisotopic (exact) mass is 405 g/mol. The average molecular weight is 405 g/mol. The zero-order valence-electron chi connectivity index (χ0n) is 14.1. The standard InChI is InChI=1S/C17H13F6N3O2/c1-8-2-3-12(24)13(4-8)26-15(28)14(27)25-11-6-9(16(18,19)20)5-10(7-11)17(21,22)23/h2-7H,24H2,1H3,(H,25,27)(H,26,28). The number of carbonyl (C=O) groups excluding carboxylic acids is 2. The Labute approximate surface area is 154 Å². The Morgan fingerprint density at radius 2 is 1.32 bits per heavy atom. The number of anilines is 3. The van der Waals surface area contributed by atoms with Crippen molar-refractivity contribution in [1.82, 2.24) is 0 Å². The Bertz CT molecular complexity index is 890. The maximum absolute atomic E-state index is 12.8. The van der Waals surface area contributed by atoms with E-state index in [-0.39, 0.29) is 17.4 Å². The van der Waals surface area contributed by atoms with Crippen molar-refractivity contribution >= 4 is 28.9 Å². The lowest BCUT2D eigenvalue weighted by Crippen LogP contribution is -2.29. The first-order valence-electron chi connectivity index (χ1n) is 7.55. The van der Waals surface area contributed by atoms with E-state index < -0.39 is 41.0 Å². The Morgan fingerprint density at radius 3 is 1.82 bits per heavy atom. The molecule has 150 valence electrons. The highest BCUT2D eigenvalue weighted by molar-refractivity contribution is 6.43. The maximum Gasteiger partial charge on any atom is 0.416 e. The van der Waals surface area contributed by atoms with Crippen LogP contribution in [0.25, 0.3) is 0 Å². The maximum atomic E-state index is 12.8. The van der Waals surface area contributed by atoms with Crippen molar-refractivity contribution in [1.29, 1.82) is 0 Å². The number of halogens is 6. The highest BCUT2D eigenvalue weighted by atomic mass is 19.4. The van der Waals surface area contributed by atoms with Gasteiger partial charge in [0.05, 0.1) is 22.5 Å². The van der Waals surface area contributed by atoms with Crippen LogP contribution in [0, 0.1) is 6.92 Å². The summed E-state index contributed by atoms with van der Waals surface area (Å²) in [5.41, 5.74) is 2.43. The van der Waals surface area contributed by atoms with E-state index in [4.69, 9.17) is 5.73 Å². The molecule has 2 aromatic rings. The van der Waals surface area contributed by atoms with E-state index >= 15 is 0 Å². The number of hydrogen-bond donors (Lipinski definition) is 3. The van der Waals surface area contributed by atoms with Gasteiger partial charge in [0.25, 0.3) is 0 Å². The van der Waals surface area contributed by atoms with E-state index in [2.05, 4.69) is 5.32 Å². The summed E-state index contributed by atoms with van der Waals surface area (Å²) in [6.07, 6.45) is -10.2. The summed E-state index contributed by atoms with van der Waals surface area (Å²) in [4.78, 5) is 23.8. The molecule has 2 amide bonds. The van der Waals surface area contributed by atoms with Crippen LogP contribution in [0.5, 0.6) is 0 Å². The van der Waals surface area contributed by atoms with Crippen molar-refractivity contribution in [2.24, 2.45) is 0 Å². The topological polar surface area (TPSA) is 84.2 Å². The first-order chi connectivity index (χ1) is 12.8. The molecule has 0 aliphatic carbocycles. The molecule has 0 unspecified atom stereocenters. The van der Waals surface area contributed by atoms with Gasteiger partial charge < -0.3 is 16.4 Å². The largest absolute Gasteiger partial charge is 0.416 e. The Hall–Kier alpha value is -3.24. The highest BCUT2D eigenvalue weighted by Gasteiger charge is 2.37. The highest BCUT2D eigenvalue weighted by Crippen LogP contribution is 2.37. The Balaban J connectivity index is 2.27. The summed E-state index contributed by atoms with van der Waals surface area (Å²) >= 11 is 0. The molecule has 0 spiro atoms.